The Kier molecular flexibility index (Phi) is 5.93. The zero-order valence-corrected chi connectivity index (χ0v) is 18.4. The summed E-state index contributed by atoms with van der Waals surface area (Å²) in [7, 11) is 3.23. The van der Waals surface area contributed by atoms with Crippen LogP contribution in [0.2, 0.25) is 0 Å². The number of ether oxygens (including phenoxy) is 2. The summed E-state index contributed by atoms with van der Waals surface area (Å²) in [6.07, 6.45) is 3.66. The number of carbonyl (C=O) groups is 1. The molecule has 31 heavy (non-hydrogen) atoms. The van der Waals surface area contributed by atoms with Crippen molar-refractivity contribution in [2.75, 3.05) is 32.6 Å². The lowest BCUT2D eigenvalue weighted by Crippen LogP contribution is -2.38. The number of nitrogens with one attached hydrogen (secondary N) is 1. The Morgan fingerprint density at radius 1 is 1.13 bits per heavy atom. The van der Waals surface area contributed by atoms with Crippen LogP contribution in [0.15, 0.2) is 36.5 Å². The molecule has 0 aliphatic carbocycles. The van der Waals surface area contributed by atoms with Crippen molar-refractivity contribution in [1.82, 2.24) is 14.9 Å². The topological polar surface area (TPSA) is 76.6 Å². The minimum Gasteiger partial charge on any atom is -0.497 e. The van der Waals surface area contributed by atoms with Crippen LogP contribution in [0.25, 0.3) is 11.0 Å². The Bertz CT molecular complexity index is 1110. The molecule has 0 bridgehead atoms. The first-order valence-corrected chi connectivity index (χ1v) is 10.5. The molecule has 1 saturated heterocycles. The molecule has 1 aromatic carbocycles. The summed E-state index contributed by atoms with van der Waals surface area (Å²) in [5.41, 5.74) is 3.36. The van der Waals surface area contributed by atoms with E-state index in [4.69, 9.17) is 9.47 Å². The van der Waals surface area contributed by atoms with Gasteiger partial charge in [-0.15, -0.1) is 0 Å². The van der Waals surface area contributed by atoms with Crippen molar-refractivity contribution >= 4 is 28.3 Å². The molecule has 0 saturated carbocycles. The largest absolute Gasteiger partial charge is 0.497 e. The van der Waals surface area contributed by atoms with Crippen molar-refractivity contribution in [1.29, 1.82) is 0 Å². The summed E-state index contributed by atoms with van der Waals surface area (Å²) < 4.78 is 10.9. The number of carbonyl (C=O) groups excluding carboxylic acids is 1. The number of nitrogens with zero attached hydrogens (tertiary/aromatic N) is 3. The second-order valence-corrected chi connectivity index (χ2v) is 8.04. The molecule has 1 N–H and O–H groups in total. The van der Waals surface area contributed by atoms with Crippen LogP contribution in [0, 0.1) is 12.8 Å². The van der Waals surface area contributed by atoms with E-state index in [1.54, 1.807) is 20.4 Å². The molecule has 7 heteroatoms. The van der Waals surface area contributed by atoms with Crippen LogP contribution in [0.3, 0.4) is 0 Å². The number of amides is 1. The lowest BCUT2D eigenvalue weighted by Gasteiger charge is -2.31. The average Bonchev–Trinajstić information content (AvgIpc) is 2.79. The Morgan fingerprint density at radius 3 is 2.61 bits per heavy atom. The highest BCUT2D eigenvalue weighted by Crippen LogP contribution is 2.36. The SMILES string of the molecule is COc1ccc(OC)c(Nc2c(C(=O)N3CCC(C)CC3)cnc3nc(C)ccc23)c1. The summed E-state index contributed by atoms with van der Waals surface area (Å²) in [6, 6.07) is 9.40. The summed E-state index contributed by atoms with van der Waals surface area (Å²) in [6.45, 7) is 5.67. The third-order valence-electron chi connectivity index (χ3n) is 5.84. The number of benzene rings is 1. The number of fused-ring (bicyclic) bond motifs is 1. The van der Waals surface area contributed by atoms with E-state index in [1.165, 1.54) is 0 Å². The molecule has 1 fully saturated rings. The van der Waals surface area contributed by atoms with Gasteiger partial charge in [0.15, 0.2) is 5.65 Å². The fraction of sp³-hybridized carbons (Fsp3) is 0.375. The first-order valence-electron chi connectivity index (χ1n) is 10.5. The Labute approximate surface area is 182 Å². The number of anilines is 2. The molecule has 0 unspecified atom stereocenters. The molecular formula is C24H28N4O3. The number of pyridine rings is 2. The van der Waals surface area contributed by atoms with Gasteiger partial charge in [0.05, 0.1) is 31.2 Å². The molecule has 0 spiro atoms. The number of methoxy groups -OCH3 is 2. The summed E-state index contributed by atoms with van der Waals surface area (Å²) in [4.78, 5) is 24.4. The zero-order valence-electron chi connectivity index (χ0n) is 18.4. The highest BCUT2D eigenvalue weighted by Gasteiger charge is 2.25. The summed E-state index contributed by atoms with van der Waals surface area (Å²) >= 11 is 0. The maximum Gasteiger partial charge on any atom is 0.257 e. The molecular weight excluding hydrogens is 392 g/mol. The van der Waals surface area contributed by atoms with Gasteiger partial charge in [-0.3, -0.25) is 4.79 Å². The van der Waals surface area contributed by atoms with Gasteiger partial charge in [-0.1, -0.05) is 6.92 Å². The maximum atomic E-state index is 13.5. The quantitative estimate of drug-likeness (QED) is 0.652. The predicted molar refractivity (Wildman–Crippen MR) is 121 cm³/mol. The first kappa shape index (κ1) is 20.9. The normalized spacial score (nSPS) is 14.5. The highest BCUT2D eigenvalue weighted by molar-refractivity contribution is 6.07. The van der Waals surface area contributed by atoms with Crippen LogP contribution >= 0.6 is 0 Å². The lowest BCUT2D eigenvalue weighted by atomic mass is 9.98. The van der Waals surface area contributed by atoms with Crippen molar-refractivity contribution in [2.45, 2.75) is 26.7 Å². The number of hydrogen-bond donors (Lipinski definition) is 1. The second-order valence-electron chi connectivity index (χ2n) is 8.04. The maximum absolute atomic E-state index is 13.5. The Morgan fingerprint density at radius 2 is 1.90 bits per heavy atom. The number of aromatic nitrogens is 2. The summed E-state index contributed by atoms with van der Waals surface area (Å²) in [5, 5.41) is 4.21. The van der Waals surface area contributed by atoms with Crippen LogP contribution in [-0.4, -0.2) is 48.1 Å². The van der Waals surface area contributed by atoms with E-state index in [1.807, 2.05) is 42.2 Å². The van der Waals surface area contributed by atoms with Gasteiger partial charge in [0, 0.05) is 36.4 Å². The van der Waals surface area contributed by atoms with Gasteiger partial charge in [0.25, 0.3) is 5.91 Å². The van der Waals surface area contributed by atoms with E-state index < -0.39 is 0 Å². The number of rotatable bonds is 5. The number of aryl methyl sites for hydroxylation is 1. The molecule has 7 nitrogen and oxygen atoms in total. The van der Waals surface area contributed by atoms with Gasteiger partial charge in [-0.25, -0.2) is 9.97 Å². The van der Waals surface area contributed by atoms with Crippen LogP contribution in [0.1, 0.15) is 35.8 Å². The number of likely N-dealkylation sites (tertiary alicyclic amines) is 1. The molecule has 0 radical (unpaired) electrons. The monoisotopic (exact) mass is 420 g/mol. The molecule has 1 aliphatic heterocycles. The highest BCUT2D eigenvalue weighted by atomic mass is 16.5. The number of piperidine rings is 1. The van der Waals surface area contributed by atoms with E-state index in [-0.39, 0.29) is 5.91 Å². The van der Waals surface area contributed by atoms with Gasteiger partial charge in [0.2, 0.25) is 0 Å². The molecule has 4 rings (SSSR count). The minimum absolute atomic E-state index is 0.0220. The van der Waals surface area contributed by atoms with Gasteiger partial charge >= 0.3 is 0 Å². The molecule has 0 atom stereocenters. The van der Waals surface area contributed by atoms with Crippen LogP contribution in [0.5, 0.6) is 11.5 Å². The minimum atomic E-state index is -0.0220. The van der Waals surface area contributed by atoms with Gasteiger partial charge in [-0.05, 0) is 49.9 Å². The van der Waals surface area contributed by atoms with Gasteiger partial charge in [-0.2, -0.15) is 0 Å². The number of hydrogen-bond acceptors (Lipinski definition) is 6. The van der Waals surface area contributed by atoms with E-state index in [2.05, 4.69) is 22.2 Å². The molecule has 1 aliphatic rings. The van der Waals surface area contributed by atoms with E-state index >= 15 is 0 Å². The molecule has 1 amide bonds. The fourth-order valence-electron chi connectivity index (χ4n) is 3.90. The molecule has 3 aromatic rings. The third kappa shape index (κ3) is 4.26. The van der Waals surface area contributed by atoms with Crippen molar-refractivity contribution in [2.24, 2.45) is 5.92 Å². The Balaban J connectivity index is 1.82. The fourth-order valence-corrected chi connectivity index (χ4v) is 3.90. The molecule has 2 aromatic heterocycles. The van der Waals surface area contributed by atoms with Crippen molar-refractivity contribution in [3.8, 4) is 11.5 Å². The van der Waals surface area contributed by atoms with Gasteiger partial charge in [0.1, 0.15) is 11.5 Å². The van der Waals surface area contributed by atoms with Gasteiger partial charge < -0.3 is 19.7 Å². The average molecular weight is 421 g/mol. The Hall–Kier alpha value is -3.35. The first-order chi connectivity index (χ1) is 15.0. The van der Waals surface area contributed by atoms with Crippen LogP contribution in [-0.2, 0) is 0 Å². The van der Waals surface area contributed by atoms with E-state index in [0.29, 0.717) is 40.0 Å². The smallest absolute Gasteiger partial charge is 0.257 e. The zero-order chi connectivity index (χ0) is 22.0. The van der Waals surface area contributed by atoms with Crippen molar-refractivity contribution in [3.05, 3.63) is 47.8 Å². The second kappa shape index (κ2) is 8.79. The van der Waals surface area contributed by atoms with Crippen LogP contribution in [0.4, 0.5) is 11.4 Å². The lowest BCUT2D eigenvalue weighted by molar-refractivity contribution is 0.0698. The standard InChI is InChI=1S/C24H28N4O3/c1-15-9-11-28(12-10-15)24(29)19-14-25-23-18(7-5-16(2)26-23)22(19)27-20-13-17(30-3)6-8-21(20)31-4/h5-8,13-15H,9-12H2,1-4H3,(H,25,26,27). The van der Waals surface area contributed by atoms with Crippen molar-refractivity contribution < 1.29 is 14.3 Å². The van der Waals surface area contributed by atoms with E-state index in [0.717, 1.165) is 37.0 Å². The molecule has 3 heterocycles. The van der Waals surface area contributed by atoms with Crippen molar-refractivity contribution in [3.63, 3.8) is 0 Å². The predicted octanol–water partition coefficient (Wildman–Crippen LogP) is 4.57. The summed E-state index contributed by atoms with van der Waals surface area (Å²) in [5.74, 6) is 1.96. The van der Waals surface area contributed by atoms with E-state index in [9.17, 15) is 4.79 Å². The third-order valence-corrected chi connectivity index (χ3v) is 5.84. The molecule has 162 valence electrons. The van der Waals surface area contributed by atoms with Crippen LogP contribution < -0.4 is 14.8 Å².